The fourth-order valence-corrected chi connectivity index (χ4v) is 4.76. The lowest BCUT2D eigenvalue weighted by Gasteiger charge is -2.19. The lowest BCUT2D eigenvalue weighted by molar-refractivity contribution is 0.0698. The first-order valence-corrected chi connectivity index (χ1v) is 12.1. The number of fused-ring (bicyclic) bond motifs is 2. The highest BCUT2D eigenvalue weighted by Gasteiger charge is 2.19. The zero-order chi connectivity index (χ0) is 25.2. The van der Waals surface area contributed by atoms with Crippen LogP contribution < -0.4 is 16.1 Å². The molecule has 0 saturated carbocycles. The van der Waals surface area contributed by atoms with E-state index in [1.54, 1.807) is 30.3 Å². The zero-order valence-electron chi connectivity index (χ0n) is 20.3. The van der Waals surface area contributed by atoms with E-state index in [2.05, 4.69) is 28.8 Å². The maximum atomic E-state index is 13.2. The van der Waals surface area contributed by atoms with Crippen molar-refractivity contribution in [2.45, 2.75) is 32.7 Å². The summed E-state index contributed by atoms with van der Waals surface area (Å²) in [5.74, 6) is -0.486. The molecule has 1 aliphatic heterocycles. The molecule has 0 bridgehead atoms. The summed E-state index contributed by atoms with van der Waals surface area (Å²) in [5, 5.41) is 16.7. The second-order valence-electron chi connectivity index (χ2n) is 9.23. The Labute approximate surface area is 209 Å². The van der Waals surface area contributed by atoms with Crippen LogP contribution in [0.5, 0.6) is 0 Å². The van der Waals surface area contributed by atoms with Crippen LogP contribution in [0.4, 0.5) is 5.69 Å². The van der Waals surface area contributed by atoms with Crippen LogP contribution >= 0.6 is 0 Å². The van der Waals surface area contributed by atoms with E-state index in [-0.39, 0.29) is 17.0 Å². The third-order valence-electron chi connectivity index (χ3n) is 6.57. The van der Waals surface area contributed by atoms with Crippen molar-refractivity contribution in [1.82, 2.24) is 5.32 Å². The first kappa shape index (κ1) is 23.4. The number of carboxylic acid groups (broad SMARTS) is 1. The second-order valence-corrected chi connectivity index (χ2v) is 9.23. The summed E-state index contributed by atoms with van der Waals surface area (Å²) in [4.78, 5) is 24.9. The third-order valence-corrected chi connectivity index (χ3v) is 6.57. The molecule has 1 atom stereocenters. The maximum Gasteiger partial charge on any atom is 0.337 e. The van der Waals surface area contributed by atoms with Crippen LogP contribution in [0.25, 0.3) is 28.4 Å². The van der Waals surface area contributed by atoms with Crippen molar-refractivity contribution < 1.29 is 14.3 Å². The van der Waals surface area contributed by atoms with E-state index in [1.807, 2.05) is 38.2 Å². The zero-order valence-corrected chi connectivity index (χ0v) is 20.3. The minimum Gasteiger partial charge on any atom is -0.478 e. The molecule has 36 heavy (non-hydrogen) atoms. The van der Waals surface area contributed by atoms with Gasteiger partial charge in [0, 0.05) is 29.4 Å². The molecule has 6 heteroatoms. The molecule has 5 rings (SSSR count). The fourth-order valence-electron chi connectivity index (χ4n) is 4.76. The molecule has 0 radical (unpaired) electrons. The molecule has 6 nitrogen and oxygen atoms in total. The molecule has 1 aromatic heterocycles. The number of hydrogen-bond donors (Lipinski definition) is 3. The van der Waals surface area contributed by atoms with E-state index in [4.69, 9.17) is 4.42 Å². The smallest absolute Gasteiger partial charge is 0.337 e. The van der Waals surface area contributed by atoms with E-state index in [0.717, 1.165) is 41.6 Å². The first-order chi connectivity index (χ1) is 17.4. The number of carboxylic acids is 1. The number of hydrogen-bond acceptors (Lipinski definition) is 5. The van der Waals surface area contributed by atoms with Crippen molar-refractivity contribution in [2.75, 3.05) is 11.9 Å². The standard InChI is InChI=1S/C30H28N2O4/c1-18-14-24(19(2)32-26-8-4-3-7-23(26)30(34)35)29-25(15-18)27(33)17-28(36-29)22-10-9-20-11-13-31-12-5-6-21(20)16-22/h3-4,7-11,13-17,19,31-32H,5-6,12H2,1-2H3,(H,34,35)/b13-11-. The largest absolute Gasteiger partial charge is 0.478 e. The molecule has 182 valence electrons. The monoisotopic (exact) mass is 480 g/mol. The Morgan fingerprint density at radius 3 is 2.78 bits per heavy atom. The highest BCUT2D eigenvalue weighted by Crippen LogP contribution is 2.32. The SMILES string of the molecule is Cc1cc(C(C)Nc2ccccc2C(=O)O)c2oc(-c3ccc4c(c3)CCCN/C=C\4)cc(=O)c2c1. The van der Waals surface area contributed by atoms with Crippen LogP contribution in [-0.4, -0.2) is 17.6 Å². The predicted octanol–water partition coefficient (Wildman–Crippen LogP) is 6.15. The van der Waals surface area contributed by atoms with E-state index in [0.29, 0.717) is 22.4 Å². The van der Waals surface area contributed by atoms with Crippen LogP contribution in [0.2, 0.25) is 0 Å². The highest BCUT2D eigenvalue weighted by atomic mass is 16.4. The summed E-state index contributed by atoms with van der Waals surface area (Å²) in [6.45, 7) is 4.79. The van der Waals surface area contributed by atoms with E-state index in [9.17, 15) is 14.7 Å². The summed E-state index contributed by atoms with van der Waals surface area (Å²) >= 11 is 0. The van der Waals surface area contributed by atoms with Gasteiger partial charge < -0.3 is 20.2 Å². The predicted molar refractivity (Wildman–Crippen MR) is 143 cm³/mol. The number of rotatable bonds is 5. The summed E-state index contributed by atoms with van der Waals surface area (Å²) in [7, 11) is 0. The summed E-state index contributed by atoms with van der Waals surface area (Å²) in [6.07, 6.45) is 6.00. The van der Waals surface area contributed by atoms with Crippen molar-refractivity contribution in [2.24, 2.45) is 0 Å². The molecule has 2 heterocycles. The average Bonchev–Trinajstić information content (AvgIpc) is 2.84. The van der Waals surface area contributed by atoms with Crippen LogP contribution in [-0.2, 0) is 6.42 Å². The van der Waals surface area contributed by atoms with Crippen LogP contribution in [0.3, 0.4) is 0 Å². The Morgan fingerprint density at radius 2 is 1.94 bits per heavy atom. The fraction of sp³-hybridized carbons (Fsp3) is 0.200. The van der Waals surface area contributed by atoms with Gasteiger partial charge in [0.1, 0.15) is 11.3 Å². The molecule has 0 spiro atoms. The van der Waals surface area contributed by atoms with Crippen LogP contribution in [0.1, 0.15) is 52.0 Å². The van der Waals surface area contributed by atoms with Gasteiger partial charge in [0.15, 0.2) is 5.43 Å². The van der Waals surface area contributed by atoms with E-state index < -0.39 is 5.97 Å². The molecule has 3 N–H and O–H groups in total. The molecule has 0 amide bonds. The summed E-state index contributed by atoms with van der Waals surface area (Å²) in [5.41, 5.74) is 6.06. The van der Waals surface area contributed by atoms with Crippen molar-refractivity contribution >= 4 is 28.7 Å². The number of carbonyl (C=O) groups is 1. The van der Waals surface area contributed by atoms with E-state index >= 15 is 0 Å². The van der Waals surface area contributed by atoms with Gasteiger partial charge in [-0.05, 0) is 79.9 Å². The topological polar surface area (TPSA) is 91.6 Å². The Morgan fingerprint density at radius 1 is 1.11 bits per heavy atom. The van der Waals surface area contributed by atoms with Gasteiger partial charge >= 0.3 is 5.97 Å². The molecule has 4 aromatic rings. The average molecular weight is 481 g/mol. The normalized spacial score (nSPS) is 14.7. The maximum absolute atomic E-state index is 13.2. The number of para-hydroxylation sites is 1. The van der Waals surface area contributed by atoms with Gasteiger partial charge in [-0.15, -0.1) is 0 Å². The lowest BCUT2D eigenvalue weighted by Crippen LogP contribution is -2.12. The highest BCUT2D eigenvalue weighted by molar-refractivity contribution is 5.94. The van der Waals surface area contributed by atoms with Gasteiger partial charge in [-0.1, -0.05) is 30.3 Å². The number of benzene rings is 3. The third kappa shape index (κ3) is 4.62. The van der Waals surface area contributed by atoms with Gasteiger partial charge in [0.2, 0.25) is 0 Å². The molecular weight excluding hydrogens is 452 g/mol. The van der Waals surface area contributed by atoms with Gasteiger partial charge in [-0.3, -0.25) is 4.79 Å². The second kappa shape index (κ2) is 9.74. The molecular formula is C30H28N2O4. The Balaban J connectivity index is 1.60. The van der Waals surface area contributed by atoms with Crippen molar-refractivity contribution in [3.8, 4) is 11.3 Å². The number of nitrogens with one attached hydrogen (secondary N) is 2. The quantitative estimate of drug-likeness (QED) is 0.318. The number of anilines is 1. The molecule has 0 saturated heterocycles. The van der Waals surface area contributed by atoms with Gasteiger partial charge in [0.25, 0.3) is 0 Å². The molecule has 0 aliphatic carbocycles. The minimum absolute atomic E-state index is 0.106. The minimum atomic E-state index is -1.00. The first-order valence-electron chi connectivity index (χ1n) is 12.1. The van der Waals surface area contributed by atoms with Crippen molar-refractivity contribution in [3.63, 3.8) is 0 Å². The van der Waals surface area contributed by atoms with Gasteiger partial charge in [-0.2, -0.15) is 0 Å². The van der Waals surface area contributed by atoms with Crippen LogP contribution in [0, 0.1) is 6.92 Å². The van der Waals surface area contributed by atoms with Gasteiger partial charge in [-0.25, -0.2) is 4.79 Å². The van der Waals surface area contributed by atoms with Gasteiger partial charge in [0.05, 0.1) is 17.0 Å². The Bertz CT molecular complexity index is 1550. The number of aryl methyl sites for hydroxylation is 2. The summed E-state index contributed by atoms with van der Waals surface area (Å²) in [6, 6.07) is 18.0. The summed E-state index contributed by atoms with van der Waals surface area (Å²) < 4.78 is 6.41. The molecule has 1 aliphatic rings. The molecule has 1 unspecified atom stereocenters. The van der Waals surface area contributed by atoms with Crippen LogP contribution in [0.15, 0.2) is 76.1 Å². The van der Waals surface area contributed by atoms with Crippen molar-refractivity contribution in [1.29, 1.82) is 0 Å². The lowest BCUT2D eigenvalue weighted by atomic mass is 9.97. The van der Waals surface area contributed by atoms with Crippen molar-refractivity contribution in [3.05, 3.63) is 105 Å². The number of aromatic carboxylic acids is 1. The Kier molecular flexibility index (Phi) is 6.34. The molecule has 3 aromatic carbocycles. The molecule has 0 fully saturated rings. The van der Waals surface area contributed by atoms with E-state index in [1.165, 1.54) is 5.56 Å². The Hall–Kier alpha value is -4.32.